The van der Waals surface area contributed by atoms with Crippen molar-refractivity contribution in [1.82, 2.24) is 15.1 Å². The van der Waals surface area contributed by atoms with Crippen LogP contribution in [-0.2, 0) is 5.54 Å². The van der Waals surface area contributed by atoms with Gasteiger partial charge in [-0.05, 0) is 39.5 Å². The molecule has 0 aliphatic heterocycles. The fourth-order valence-electron chi connectivity index (χ4n) is 2.96. The number of hydrogen-bond donors (Lipinski definition) is 2. The molecule has 2 rings (SSSR count). The van der Waals surface area contributed by atoms with Gasteiger partial charge in [0.15, 0.2) is 0 Å². The predicted molar refractivity (Wildman–Crippen MR) is 84.1 cm³/mol. The molecule has 118 valence electrons. The van der Waals surface area contributed by atoms with E-state index in [-0.39, 0.29) is 17.5 Å². The molecular formula is C16H28N4O. The second-order valence-electron chi connectivity index (χ2n) is 7.06. The van der Waals surface area contributed by atoms with Crippen LogP contribution >= 0.6 is 0 Å². The largest absolute Gasteiger partial charge is 0.348 e. The molecule has 1 aromatic rings. The normalized spacial score (nSPS) is 18.5. The van der Waals surface area contributed by atoms with E-state index in [1.807, 2.05) is 10.9 Å². The van der Waals surface area contributed by atoms with E-state index in [2.05, 4.69) is 31.2 Å². The Morgan fingerprint density at radius 2 is 2.10 bits per heavy atom. The Labute approximate surface area is 127 Å². The maximum atomic E-state index is 12.4. The highest BCUT2D eigenvalue weighted by atomic mass is 16.1. The Kier molecular flexibility index (Phi) is 5.04. The summed E-state index contributed by atoms with van der Waals surface area (Å²) in [5.74, 6) is 0.455. The highest BCUT2D eigenvalue weighted by Gasteiger charge is 2.25. The third-order valence-corrected chi connectivity index (χ3v) is 4.32. The fourth-order valence-corrected chi connectivity index (χ4v) is 2.96. The van der Waals surface area contributed by atoms with Crippen molar-refractivity contribution in [3.63, 3.8) is 0 Å². The molecule has 21 heavy (non-hydrogen) atoms. The predicted octanol–water partition coefficient (Wildman–Crippen LogP) is 2.28. The molecule has 1 amide bonds. The SMILES string of the molecule is CC(C)(C)n1cc(C(=O)NC(CN)C2CCCCC2)cn1. The van der Waals surface area contributed by atoms with Gasteiger partial charge in [-0.3, -0.25) is 9.48 Å². The van der Waals surface area contributed by atoms with E-state index >= 15 is 0 Å². The van der Waals surface area contributed by atoms with E-state index in [1.165, 1.54) is 32.1 Å². The summed E-state index contributed by atoms with van der Waals surface area (Å²) in [7, 11) is 0. The van der Waals surface area contributed by atoms with E-state index in [0.29, 0.717) is 18.0 Å². The lowest BCUT2D eigenvalue weighted by Crippen LogP contribution is -2.45. The number of nitrogens with one attached hydrogen (secondary N) is 1. The van der Waals surface area contributed by atoms with Gasteiger partial charge in [-0.1, -0.05) is 19.3 Å². The summed E-state index contributed by atoms with van der Waals surface area (Å²) in [6, 6.07) is 0.0794. The number of rotatable bonds is 4. The molecule has 1 aliphatic rings. The fraction of sp³-hybridized carbons (Fsp3) is 0.750. The van der Waals surface area contributed by atoms with Crippen molar-refractivity contribution in [2.75, 3.05) is 6.54 Å². The van der Waals surface area contributed by atoms with Crippen LogP contribution in [0.4, 0.5) is 0 Å². The Balaban J connectivity index is 2.00. The number of aromatic nitrogens is 2. The van der Waals surface area contributed by atoms with Crippen LogP contribution in [0.1, 0.15) is 63.2 Å². The zero-order valence-electron chi connectivity index (χ0n) is 13.4. The molecule has 0 saturated heterocycles. The number of carbonyl (C=O) groups excluding carboxylic acids is 1. The van der Waals surface area contributed by atoms with Crippen molar-refractivity contribution in [3.05, 3.63) is 18.0 Å². The van der Waals surface area contributed by atoms with Crippen molar-refractivity contribution in [1.29, 1.82) is 0 Å². The maximum absolute atomic E-state index is 12.4. The lowest BCUT2D eigenvalue weighted by molar-refractivity contribution is 0.0915. The first kappa shape index (κ1) is 16.0. The zero-order valence-corrected chi connectivity index (χ0v) is 13.4. The van der Waals surface area contributed by atoms with Gasteiger partial charge in [-0.15, -0.1) is 0 Å². The molecule has 1 aliphatic carbocycles. The third kappa shape index (κ3) is 4.06. The Hall–Kier alpha value is -1.36. The summed E-state index contributed by atoms with van der Waals surface area (Å²) in [6.07, 6.45) is 9.59. The molecule has 5 nitrogen and oxygen atoms in total. The van der Waals surface area contributed by atoms with E-state index in [9.17, 15) is 4.79 Å². The number of nitrogens with two attached hydrogens (primary N) is 1. The van der Waals surface area contributed by atoms with Crippen molar-refractivity contribution in [2.24, 2.45) is 11.7 Å². The van der Waals surface area contributed by atoms with Crippen LogP contribution in [0.25, 0.3) is 0 Å². The van der Waals surface area contributed by atoms with Crippen LogP contribution in [-0.4, -0.2) is 28.3 Å². The standard InChI is InChI=1S/C16H28N4O/c1-16(2,3)20-11-13(10-18-20)15(21)19-14(9-17)12-7-5-4-6-8-12/h10-12,14H,4-9,17H2,1-3H3,(H,19,21). The van der Waals surface area contributed by atoms with Gasteiger partial charge in [0.2, 0.25) is 0 Å². The van der Waals surface area contributed by atoms with Crippen molar-refractivity contribution in [2.45, 2.75) is 64.5 Å². The first-order chi connectivity index (χ1) is 9.91. The minimum Gasteiger partial charge on any atom is -0.348 e. The first-order valence-electron chi connectivity index (χ1n) is 7.98. The molecule has 0 radical (unpaired) electrons. The minimum absolute atomic E-state index is 0.0634. The molecule has 5 heteroatoms. The van der Waals surface area contributed by atoms with E-state index in [0.717, 1.165) is 0 Å². The summed E-state index contributed by atoms with van der Waals surface area (Å²) in [5.41, 5.74) is 6.36. The van der Waals surface area contributed by atoms with Crippen LogP contribution in [0.5, 0.6) is 0 Å². The smallest absolute Gasteiger partial charge is 0.254 e. The number of nitrogens with zero attached hydrogens (tertiary/aromatic N) is 2. The van der Waals surface area contributed by atoms with Crippen molar-refractivity contribution < 1.29 is 4.79 Å². The van der Waals surface area contributed by atoms with Gasteiger partial charge < -0.3 is 11.1 Å². The quantitative estimate of drug-likeness (QED) is 0.894. The van der Waals surface area contributed by atoms with Crippen molar-refractivity contribution in [3.8, 4) is 0 Å². The van der Waals surface area contributed by atoms with E-state index in [4.69, 9.17) is 5.73 Å². The van der Waals surface area contributed by atoms with E-state index < -0.39 is 0 Å². The first-order valence-corrected chi connectivity index (χ1v) is 7.98. The lowest BCUT2D eigenvalue weighted by Gasteiger charge is -2.29. The molecule has 0 aromatic carbocycles. The molecule has 1 aromatic heterocycles. The average Bonchev–Trinajstić information content (AvgIpc) is 2.95. The highest BCUT2D eigenvalue weighted by Crippen LogP contribution is 2.26. The van der Waals surface area contributed by atoms with Crippen LogP contribution in [0.2, 0.25) is 0 Å². The highest BCUT2D eigenvalue weighted by molar-refractivity contribution is 5.93. The molecule has 1 atom stereocenters. The summed E-state index contributed by atoms with van der Waals surface area (Å²) >= 11 is 0. The monoisotopic (exact) mass is 292 g/mol. The van der Waals surface area contributed by atoms with E-state index in [1.54, 1.807) is 6.20 Å². The number of hydrogen-bond acceptors (Lipinski definition) is 3. The lowest BCUT2D eigenvalue weighted by atomic mass is 9.84. The maximum Gasteiger partial charge on any atom is 0.254 e. The Bertz CT molecular complexity index is 469. The summed E-state index contributed by atoms with van der Waals surface area (Å²) in [4.78, 5) is 12.4. The van der Waals surface area contributed by atoms with Crippen molar-refractivity contribution >= 4 is 5.91 Å². The minimum atomic E-state index is -0.116. The third-order valence-electron chi connectivity index (χ3n) is 4.32. The topological polar surface area (TPSA) is 72.9 Å². The van der Waals surface area contributed by atoms with Gasteiger partial charge in [-0.25, -0.2) is 0 Å². The second kappa shape index (κ2) is 6.60. The molecule has 1 fully saturated rings. The molecule has 1 saturated carbocycles. The second-order valence-corrected chi connectivity index (χ2v) is 7.06. The van der Waals surface area contributed by atoms with Crippen LogP contribution in [0.15, 0.2) is 12.4 Å². The van der Waals surface area contributed by atoms with Crippen LogP contribution < -0.4 is 11.1 Å². The Morgan fingerprint density at radius 3 is 2.62 bits per heavy atom. The zero-order chi connectivity index (χ0) is 15.5. The van der Waals surface area contributed by atoms with Gasteiger partial charge in [0, 0.05) is 18.8 Å². The van der Waals surface area contributed by atoms with Gasteiger partial charge in [0.25, 0.3) is 5.91 Å². The summed E-state index contributed by atoms with van der Waals surface area (Å²) in [5, 5.41) is 7.38. The molecule has 3 N–H and O–H groups in total. The molecule has 0 bridgehead atoms. The van der Waals surface area contributed by atoms with Gasteiger partial charge in [-0.2, -0.15) is 5.10 Å². The van der Waals surface area contributed by atoms with Gasteiger partial charge in [0.05, 0.1) is 17.3 Å². The van der Waals surface area contributed by atoms with Gasteiger partial charge in [0.1, 0.15) is 0 Å². The van der Waals surface area contributed by atoms with Crippen LogP contribution in [0.3, 0.4) is 0 Å². The van der Waals surface area contributed by atoms with Gasteiger partial charge >= 0.3 is 0 Å². The molecule has 1 heterocycles. The summed E-state index contributed by atoms with van der Waals surface area (Å²) in [6.45, 7) is 6.69. The molecule has 0 spiro atoms. The Morgan fingerprint density at radius 1 is 1.43 bits per heavy atom. The average molecular weight is 292 g/mol. The number of amides is 1. The van der Waals surface area contributed by atoms with Crippen LogP contribution in [0, 0.1) is 5.92 Å². The summed E-state index contributed by atoms with van der Waals surface area (Å²) < 4.78 is 1.82. The molecular weight excluding hydrogens is 264 g/mol. The molecule has 1 unspecified atom stereocenters. The number of carbonyl (C=O) groups is 1.